The average molecular weight is 432 g/mol. The van der Waals surface area contributed by atoms with Crippen molar-refractivity contribution in [3.8, 4) is 5.75 Å². The Hall–Kier alpha value is -2.37. The molecule has 1 aromatic carbocycles. The highest BCUT2D eigenvalue weighted by Crippen LogP contribution is 2.17. The fourth-order valence-corrected chi connectivity index (χ4v) is 3.50. The molecule has 0 spiro atoms. The molecule has 2 rings (SSSR count). The van der Waals surface area contributed by atoms with Crippen molar-refractivity contribution in [3.63, 3.8) is 0 Å². The number of rotatable bonds is 4. The summed E-state index contributed by atoms with van der Waals surface area (Å²) in [7, 11) is 0. The van der Waals surface area contributed by atoms with Crippen molar-refractivity contribution in [1.82, 2.24) is 0 Å². The largest absolute Gasteiger partial charge is 0.482 e. The molecule has 0 N–H and O–H groups in total. The topological polar surface area (TPSA) is 74.2 Å². The number of carbonyl (C=O) groups excluding carboxylic acids is 2. The standard InChI is InChI=1S/C25H37NO5/c1-20-15-16-23(18-21(20)2)30-19-25(28)31-26-22-12-9-7-5-3-4-6-8-10-14-24(27)29-17-11-13-22/h15-16,18H,3-14,17,19H2,1-2H3/b26-22+. The van der Waals surface area contributed by atoms with Crippen LogP contribution in [0, 0.1) is 13.8 Å². The first-order chi connectivity index (χ1) is 15.0. The minimum atomic E-state index is -0.524. The summed E-state index contributed by atoms with van der Waals surface area (Å²) in [4.78, 5) is 28.9. The summed E-state index contributed by atoms with van der Waals surface area (Å²) in [6.07, 6.45) is 11.6. The zero-order valence-electron chi connectivity index (χ0n) is 19.1. The van der Waals surface area contributed by atoms with Gasteiger partial charge < -0.3 is 14.3 Å². The van der Waals surface area contributed by atoms with Crippen LogP contribution in [0.1, 0.15) is 88.2 Å². The van der Waals surface area contributed by atoms with E-state index in [0.717, 1.165) is 43.4 Å². The van der Waals surface area contributed by atoms with E-state index in [1.807, 2.05) is 32.0 Å². The van der Waals surface area contributed by atoms with Crippen molar-refractivity contribution in [1.29, 1.82) is 0 Å². The number of benzene rings is 1. The molecular formula is C25H37NO5. The lowest BCUT2D eigenvalue weighted by Gasteiger charge is -2.09. The Morgan fingerprint density at radius 2 is 1.55 bits per heavy atom. The average Bonchev–Trinajstić information content (AvgIpc) is 2.75. The third kappa shape index (κ3) is 11.0. The van der Waals surface area contributed by atoms with E-state index in [-0.39, 0.29) is 12.6 Å². The molecule has 1 saturated heterocycles. The van der Waals surface area contributed by atoms with E-state index in [2.05, 4.69) is 5.16 Å². The molecule has 1 aromatic rings. The molecule has 0 amide bonds. The highest BCUT2D eigenvalue weighted by Gasteiger charge is 2.09. The fraction of sp³-hybridized carbons (Fsp3) is 0.640. The molecule has 0 unspecified atom stereocenters. The van der Waals surface area contributed by atoms with Crippen molar-refractivity contribution < 1.29 is 23.9 Å². The minimum Gasteiger partial charge on any atom is -0.482 e. The molecule has 0 radical (unpaired) electrons. The van der Waals surface area contributed by atoms with E-state index in [1.54, 1.807) is 0 Å². The normalized spacial score (nSPS) is 18.9. The molecule has 31 heavy (non-hydrogen) atoms. The smallest absolute Gasteiger partial charge is 0.372 e. The van der Waals surface area contributed by atoms with Gasteiger partial charge in [-0.05, 0) is 69.2 Å². The number of ether oxygens (including phenoxy) is 2. The maximum absolute atomic E-state index is 12.1. The third-order valence-electron chi connectivity index (χ3n) is 5.58. The van der Waals surface area contributed by atoms with Crippen LogP contribution in [0.2, 0.25) is 0 Å². The fourth-order valence-electron chi connectivity index (χ4n) is 3.50. The molecule has 0 aliphatic carbocycles. The van der Waals surface area contributed by atoms with Crippen molar-refractivity contribution in [3.05, 3.63) is 29.3 Å². The molecule has 0 saturated carbocycles. The van der Waals surface area contributed by atoms with Crippen molar-refractivity contribution in [2.75, 3.05) is 13.2 Å². The molecular weight excluding hydrogens is 394 g/mol. The molecule has 1 fully saturated rings. The Bertz CT molecular complexity index is 729. The summed E-state index contributed by atoms with van der Waals surface area (Å²) in [6.45, 7) is 4.22. The Balaban J connectivity index is 1.81. The highest BCUT2D eigenvalue weighted by atomic mass is 16.7. The van der Waals surface area contributed by atoms with Crippen molar-refractivity contribution in [2.45, 2.75) is 90.9 Å². The summed E-state index contributed by atoms with van der Waals surface area (Å²) in [5.41, 5.74) is 3.12. The Morgan fingerprint density at radius 1 is 0.903 bits per heavy atom. The zero-order chi connectivity index (χ0) is 22.3. The Kier molecular flexibility index (Phi) is 11.7. The SMILES string of the molecule is Cc1ccc(OCC(=O)O/N=C2\CCCCCCCCCCC(=O)OCCC2)cc1C. The molecule has 1 aliphatic heterocycles. The number of esters is 1. The van der Waals surface area contributed by atoms with Crippen LogP contribution in [0.5, 0.6) is 5.75 Å². The number of oxime groups is 1. The van der Waals surface area contributed by atoms with Crippen LogP contribution in [0.25, 0.3) is 0 Å². The van der Waals surface area contributed by atoms with E-state index in [9.17, 15) is 9.59 Å². The lowest BCUT2D eigenvalue weighted by atomic mass is 10.0. The maximum atomic E-state index is 12.1. The molecule has 0 atom stereocenters. The molecule has 1 heterocycles. The second kappa shape index (κ2) is 14.6. The first-order valence-electron chi connectivity index (χ1n) is 11.7. The van der Waals surface area contributed by atoms with Crippen LogP contribution < -0.4 is 4.74 Å². The van der Waals surface area contributed by atoms with E-state index in [4.69, 9.17) is 14.3 Å². The molecule has 0 aromatic heterocycles. The quantitative estimate of drug-likeness (QED) is 0.341. The molecule has 1 aliphatic rings. The molecule has 0 bridgehead atoms. The van der Waals surface area contributed by atoms with Gasteiger partial charge in [0.05, 0.1) is 12.3 Å². The first-order valence-corrected chi connectivity index (χ1v) is 11.7. The Labute approximate surface area is 186 Å². The van der Waals surface area contributed by atoms with Gasteiger partial charge in [0.15, 0.2) is 6.61 Å². The predicted octanol–water partition coefficient (Wildman–Crippen LogP) is 5.82. The lowest BCUT2D eigenvalue weighted by molar-refractivity contribution is -0.146. The van der Waals surface area contributed by atoms with Gasteiger partial charge in [-0.15, -0.1) is 0 Å². The summed E-state index contributed by atoms with van der Waals surface area (Å²) >= 11 is 0. The van der Waals surface area contributed by atoms with E-state index < -0.39 is 5.97 Å². The van der Waals surface area contributed by atoms with Gasteiger partial charge in [-0.25, -0.2) is 4.79 Å². The number of hydrogen-bond acceptors (Lipinski definition) is 6. The van der Waals surface area contributed by atoms with Crippen molar-refractivity contribution in [2.24, 2.45) is 5.16 Å². The third-order valence-corrected chi connectivity index (χ3v) is 5.58. The maximum Gasteiger partial charge on any atom is 0.372 e. The second-order valence-electron chi connectivity index (χ2n) is 8.31. The number of nitrogens with zero attached hydrogens (tertiary/aromatic N) is 1. The molecule has 172 valence electrons. The highest BCUT2D eigenvalue weighted by molar-refractivity contribution is 5.85. The number of aryl methyl sites for hydroxylation is 2. The summed E-state index contributed by atoms with van der Waals surface area (Å²) in [5.74, 6) is -0.0102. The van der Waals surface area contributed by atoms with Crippen LogP contribution in [0.3, 0.4) is 0 Å². The van der Waals surface area contributed by atoms with Gasteiger partial charge in [0.25, 0.3) is 0 Å². The predicted molar refractivity (Wildman–Crippen MR) is 121 cm³/mol. The minimum absolute atomic E-state index is 0.125. The van der Waals surface area contributed by atoms with E-state index >= 15 is 0 Å². The lowest BCUT2D eigenvalue weighted by Crippen LogP contribution is -2.14. The van der Waals surface area contributed by atoms with Gasteiger partial charge in [0, 0.05) is 6.42 Å². The Morgan fingerprint density at radius 3 is 2.26 bits per heavy atom. The van der Waals surface area contributed by atoms with E-state index in [0.29, 0.717) is 31.6 Å². The monoisotopic (exact) mass is 431 g/mol. The van der Waals surface area contributed by atoms with Crippen LogP contribution in [-0.4, -0.2) is 30.9 Å². The second-order valence-corrected chi connectivity index (χ2v) is 8.31. The summed E-state index contributed by atoms with van der Waals surface area (Å²) in [5, 5.41) is 4.10. The number of hydrogen-bond donors (Lipinski definition) is 0. The number of carbonyl (C=O) groups is 2. The van der Waals surface area contributed by atoms with Gasteiger partial charge in [0.2, 0.25) is 0 Å². The van der Waals surface area contributed by atoms with Crippen LogP contribution >= 0.6 is 0 Å². The van der Waals surface area contributed by atoms with Gasteiger partial charge >= 0.3 is 11.9 Å². The molecule has 6 heteroatoms. The van der Waals surface area contributed by atoms with Crippen LogP contribution in [0.15, 0.2) is 23.4 Å². The van der Waals surface area contributed by atoms with E-state index in [1.165, 1.54) is 31.2 Å². The van der Waals surface area contributed by atoms with Gasteiger partial charge in [-0.2, -0.15) is 0 Å². The van der Waals surface area contributed by atoms with Gasteiger partial charge in [0.1, 0.15) is 5.75 Å². The van der Waals surface area contributed by atoms with Gasteiger partial charge in [-0.3, -0.25) is 4.79 Å². The zero-order valence-corrected chi connectivity index (χ0v) is 19.1. The first kappa shape index (κ1) is 24.9. The number of cyclic esters (lactones) is 1. The van der Waals surface area contributed by atoms with Crippen molar-refractivity contribution >= 4 is 17.7 Å². The van der Waals surface area contributed by atoms with Crippen LogP contribution in [0.4, 0.5) is 0 Å². The summed E-state index contributed by atoms with van der Waals surface area (Å²) in [6, 6.07) is 5.70. The van der Waals surface area contributed by atoms with Gasteiger partial charge in [-0.1, -0.05) is 49.7 Å². The summed E-state index contributed by atoms with van der Waals surface area (Å²) < 4.78 is 10.8. The van der Waals surface area contributed by atoms with Crippen LogP contribution in [-0.2, 0) is 19.2 Å². The molecule has 6 nitrogen and oxygen atoms in total.